The van der Waals surface area contributed by atoms with Crippen LogP contribution in [0.25, 0.3) is 33.3 Å². The van der Waals surface area contributed by atoms with E-state index in [4.69, 9.17) is 21.0 Å². The van der Waals surface area contributed by atoms with Gasteiger partial charge < -0.3 is 9.52 Å². The summed E-state index contributed by atoms with van der Waals surface area (Å²) in [4.78, 5) is 9.35. The molecule has 37 heavy (non-hydrogen) atoms. The summed E-state index contributed by atoms with van der Waals surface area (Å²) in [7, 11) is 0. The minimum Gasteiger partial charge on any atom is -0.506 e. The molecule has 0 aliphatic heterocycles. The van der Waals surface area contributed by atoms with Crippen LogP contribution >= 0.6 is 27.5 Å². The lowest BCUT2D eigenvalue weighted by Gasteiger charge is -2.07. The molecule has 1 aromatic heterocycles. The molecule has 6 rings (SSSR count). The highest BCUT2D eigenvalue weighted by molar-refractivity contribution is 9.10. The van der Waals surface area contributed by atoms with Gasteiger partial charge in [0.05, 0.1) is 10.2 Å². The first-order valence-corrected chi connectivity index (χ1v) is 12.9. The van der Waals surface area contributed by atoms with E-state index in [9.17, 15) is 5.11 Å². The highest BCUT2D eigenvalue weighted by Crippen LogP contribution is 2.34. The van der Waals surface area contributed by atoms with Gasteiger partial charge in [-0.3, -0.25) is 4.99 Å². The molecule has 5 aromatic carbocycles. The summed E-state index contributed by atoms with van der Waals surface area (Å²) in [5.74, 6) is 0.680. The highest BCUT2D eigenvalue weighted by atomic mass is 79.9. The molecular formula is C31H20BrClN2O2. The van der Waals surface area contributed by atoms with Crippen molar-refractivity contribution in [3.8, 4) is 17.2 Å². The van der Waals surface area contributed by atoms with Crippen molar-refractivity contribution in [2.45, 2.75) is 6.42 Å². The van der Waals surface area contributed by atoms with E-state index in [-0.39, 0.29) is 5.75 Å². The van der Waals surface area contributed by atoms with Crippen LogP contribution in [0.2, 0.25) is 5.02 Å². The molecule has 0 unspecified atom stereocenters. The van der Waals surface area contributed by atoms with Crippen LogP contribution in [0.4, 0.5) is 5.69 Å². The van der Waals surface area contributed by atoms with Gasteiger partial charge in [-0.1, -0.05) is 66.2 Å². The number of phenols is 1. The quantitative estimate of drug-likeness (QED) is 0.211. The van der Waals surface area contributed by atoms with Gasteiger partial charge in [-0.25, -0.2) is 4.98 Å². The van der Waals surface area contributed by atoms with Gasteiger partial charge in [-0.05, 0) is 81.3 Å². The lowest BCUT2D eigenvalue weighted by molar-refractivity contribution is 0.471. The monoisotopic (exact) mass is 566 g/mol. The zero-order valence-corrected chi connectivity index (χ0v) is 21.9. The van der Waals surface area contributed by atoms with Gasteiger partial charge >= 0.3 is 0 Å². The van der Waals surface area contributed by atoms with Crippen LogP contribution < -0.4 is 0 Å². The van der Waals surface area contributed by atoms with Crippen LogP contribution in [-0.2, 0) is 6.42 Å². The largest absolute Gasteiger partial charge is 0.506 e. The number of nitrogens with zero attached hydrogens (tertiary/aromatic N) is 2. The Balaban J connectivity index is 1.32. The number of halogens is 2. The molecule has 0 spiro atoms. The van der Waals surface area contributed by atoms with E-state index in [2.05, 4.69) is 33.1 Å². The Bertz CT molecular complexity index is 1790. The number of oxazole rings is 1. The van der Waals surface area contributed by atoms with Gasteiger partial charge in [0.1, 0.15) is 11.3 Å². The molecule has 6 heteroatoms. The van der Waals surface area contributed by atoms with Crippen LogP contribution in [0.1, 0.15) is 16.7 Å². The third-order valence-corrected chi connectivity index (χ3v) is 7.16. The molecule has 1 N–H and O–H groups in total. The summed E-state index contributed by atoms with van der Waals surface area (Å²) in [6, 6.07) is 31.4. The van der Waals surface area contributed by atoms with Crippen LogP contribution in [-0.4, -0.2) is 16.3 Å². The van der Waals surface area contributed by atoms with Crippen molar-refractivity contribution in [3.05, 3.63) is 123 Å². The molecule has 1 heterocycles. The topological polar surface area (TPSA) is 58.6 Å². The molecule has 0 aliphatic rings. The average Bonchev–Trinajstić information content (AvgIpc) is 3.34. The smallest absolute Gasteiger partial charge is 0.227 e. The van der Waals surface area contributed by atoms with E-state index in [0.717, 1.165) is 28.3 Å². The van der Waals surface area contributed by atoms with Crippen molar-refractivity contribution in [1.82, 2.24) is 4.98 Å². The normalized spacial score (nSPS) is 11.6. The molecule has 0 amide bonds. The Kier molecular flexibility index (Phi) is 6.25. The fraction of sp³-hybridized carbons (Fsp3) is 0.0323. The summed E-state index contributed by atoms with van der Waals surface area (Å²) in [6.07, 6.45) is 2.43. The molecule has 0 saturated heterocycles. The van der Waals surface area contributed by atoms with E-state index < -0.39 is 0 Å². The standard InChI is InChI=1S/C31H20BrClN2O2/c32-26-16-20(14-19-6-2-1-3-7-19)15-21(30(26)36)18-34-22-12-13-29-28(17-22)35-31(37-29)25-10-4-9-24-23(25)8-5-11-27(24)33/h1-13,15-18,36H,14H2. The fourth-order valence-corrected chi connectivity index (χ4v) is 5.18. The summed E-state index contributed by atoms with van der Waals surface area (Å²) in [5, 5.41) is 13.2. The molecule has 4 nitrogen and oxygen atoms in total. The molecular weight excluding hydrogens is 548 g/mol. The number of phenolic OH excluding ortho intramolecular Hbond substituents is 1. The molecule has 0 radical (unpaired) electrons. The van der Waals surface area contributed by atoms with Crippen LogP contribution in [0.3, 0.4) is 0 Å². The second-order valence-corrected chi connectivity index (χ2v) is 10.0. The summed E-state index contributed by atoms with van der Waals surface area (Å²) >= 11 is 9.86. The summed E-state index contributed by atoms with van der Waals surface area (Å²) in [6.45, 7) is 0. The van der Waals surface area contributed by atoms with E-state index in [1.165, 1.54) is 5.56 Å². The first kappa shape index (κ1) is 23.5. The van der Waals surface area contributed by atoms with E-state index >= 15 is 0 Å². The van der Waals surface area contributed by atoms with Gasteiger partial charge in [-0.15, -0.1) is 0 Å². The maximum Gasteiger partial charge on any atom is 0.227 e. The Labute approximate surface area is 227 Å². The molecule has 0 atom stereocenters. The van der Waals surface area contributed by atoms with Gasteiger partial charge in [0.25, 0.3) is 0 Å². The van der Waals surface area contributed by atoms with Gasteiger partial charge in [0, 0.05) is 27.8 Å². The molecule has 0 saturated carbocycles. The van der Waals surface area contributed by atoms with E-state index in [0.29, 0.717) is 37.7 Å². The Morgan fingerprint density at radius 1 is 0.865 bits per heavy atom. The number of hydrogen-bond acceptors (Lipinski definition) is 4. The van der Waals surface area contributed by atoms with E-state index in [1.807, 2.05) is 84.9 Å². The number of aromatic hydroxyl groups is 1. The van der Waals surface area contributed by atoms with Crippen LogP contribution in [0.5, 0.6) is 5.75 Å². The predicted molar refractivity (Wildman–Crippen MR) is 154 cm³/mol. The SMILES string of the molecule is Oc1c(Br)cc(Cc2ccccc2)cc1C=Nc1ccc2oc(-c3cccc4c(Cl)cccc34)nc2c1. The van der Waals surface area contributed by atoms with Crippen molar-refractivity contribution in [1.29, 1.82) is 0 Å². The minimum atomic E-state index is 0.153. The van der Waals surface area contributed by atoms with Gasteiger partial charge in [0.2, 0.25) is 5.89 Å². The van der Waals surface area contributed by atoms with Crippen molar-refractivity contribution < 1.29 is 9.52 Å². The minimum absolute atomic E-state index is 0.153. The highest BCUT2D eigenvalue weighted by Gasteiger charge is 2.13. The third-order valence-electron chi connectivity index (χ3n) is 6.23. The molecule has 0 aliphatic carbocycles. The van der Waals surface area contributed by atoms with Gasteiger partial charge in [-0.2, -0.15) is 0 Å². The Morgan fingerprint density at radius 3 is 2.54 bits per heavy atom. The van der Waals surface area contributed by atoms with Crippen molar-refractivity contribution in [3.63, 3.8) is 0 Å². The third kappa shape index (κ3) is 4.76. The van der Waals surface area contributed by atoms with Crippen molar-refractivity contribution in [2.75, 3.05) is 0 Å². The second-order valence-electron chi connectivity index (χ2n) is 8.75. The number of aromatic nitrogens is 1. The number of rotatable bonds is 5. The summed E-state index contributed by atoms with van der Waals surface area (Å²) in [5.41, 5.74) is 5.86. The maximum absolute atomic E-state index is 10.6. The first-order chi connectivity index (χ1) is 18.0. The Hall–Kier alpha value is -3.93. The molecule has 0 fully saturated rings. The first-order valence-electron chi connectivity index (χ1n) is 11.7. The molecule has 6 aromatic rings. The fourth-order valence-electron chi connectivity index (χ4n) is 4.42. The average molecular weight is 568 g/mol. The van der Waals surface area contributed by atoms with Crippen molar-refractivity contribution >= 4 is 61.3 Å². The molecule has 0 bridgehead atoms. The lowest BCUT2D eigenvalue weighted by Crippen LogP contribution is -1.92. The number of fused-ring (bicyclic) bond motifs is 2. The molecule has 180 valence electrons. The van der Waals surface area contributed by atoms with E-state index in [1.54, 1.807) is 6.21 Å². The number of hydrogen-bond donors (Lipinski definition) is 1. The zero-order chi connectivity index (χ0) is 25.4. The van der Waals surface area contributed by atoms with Crippen LogP contribution in [0, 0.1) is 0 Å². The zero-order valence-electron chi connectivity index (χ0n) is 19.5. The Morgan fingerprint density at radius 2 is 1.68 bits per heavy atom. The predicted octanol–water partition coefficient (Wildman–Crippen LogP) is 9.11. The number of aliphatic imine (C=N–C) groups is 1. The van der Waals surface area contributed by atoms with Crippen molar-refractivity contribution in [2.24, 2.45) is 4.99 Å². The second kappa shape index (κ2) is 9.85. The van der Waals surface area contributed by atoms with Gasteiger partial charge in [0.15, 0.2) is 5.58 Å². The summed E-state index contributed by atoms with van der Waals surface area (Å²) < 4.78 is 6.71. The lowest BCUT2D eigenvalue weighted by atomic mass is 10.0. The maximum atomic E-state index is 10.6. The number of benzene rings is 5. The van der Waals surface area contributed by atoms with Crippen LogP contribution in [0.15, 0.2) is 111 Å².